The average molecular weight is 297 g/mol. The van der Waals surface area contributed by atoms with Gasteiger partial charge < -0.3 is 9.47 Å². The maximum atomic E-state index is 12.2. The summed E-state index contributed by atoms with van der Waals surface area (Å²) in [4.78, 5) is 14.1. The molecule has 1 aliphatic heterocycles. The molecule has 2 aromatic rings. The van der Waals surface area contributed by atoms with E-state index in [0.717, 1.165) is 36.8 Å². The van der Waals surface area contributed by atoms with Gasteiger partial charge in [-0.05, 0) is 31.0 Å². The minimum atomic E-state index is 0.158. The van der Waals surface area contributed by atoms with Gasteiger partial charge in [0.1, 0.15) is 6.54 Å². The van der Waals surface area contributed by atoms with E-state index in [4.69, 9.17) is 23.2 Å². The molecule has 0 atom stereocenters. The second-order valence-electron chi connectivity index (χ2n) is 4.85. The fourth-order valence-electron chi connectivity index (χ4n) is 2.57. The molecular weight excluding hydrogens is 283 g/mol. The third-order valence-electron chi connectivity index (χ3n) is 3.57. The summed E-state index contributed by atoms with van der Waals surface area (Å²) in [5.74, 6) is 0.158. The van der Waals surface area contributed by atoms with E-state index in [9.17, 15) is 4.79 Å². The lowest BCUT2D eigenvalue weighted by Gasteiger charge is -2.16. The molecule has 19 heavy (non-hydrogen) atoms. The normalized spacial score (nSPS) is 15.4. The Kier molecular flexibility index (Phi) is 3.42. The van der Waals surface area contributed by atoms with Crippen LogP contribution >= 0.6 is 23.2 Å². The number of likely N-dealkylation sites (tertiary alicyclic amines) is 1. The Morgan fingerprint density at radius 2 is 1.95 bits per heavy atom. The van der Waals surface area contributed by atoms with Gasteiger partial charge in [-0.15, -0.1) is 0 Å². The van der Waals surface area contributed by atoms with E-state index in [-0.39, 0.29) is 5.91 Å². The molecule has 3 nitrogen and oxygen atoms in total. The van der Waals surface area contributed by atoms with Crippen LogP contribution in [0.5, 0.6) is 0 Å². The molecule has 0 unspecified atom stereocenters. The zero-order chi connectivity index (χ0) is 13.4. The van der Waals surface area contributed by atoms with Crippen LogP contribution in [0.3, 0.4) is 0 Å². The highest BCUT2D eigenvalue weighted by Crippen LogP contribution is 2.28. The van der Waals surface area contributed by atoms with E-state index in [0.29, 0.717) is 16.6 Å². The van der Waals surface area contributed by atoms with Crippen LogP contribution < -0.4 is 0 Å². The van der Waals surface area contributed by atoms with Crippen molar-refractivity contribution in [2.24, 2.45) is 0 Å². The SMILES string of the molecule is O=C(Cn1ccc2c(Cl)cc(Cl)cc21)N1CCCC1. The number of amides is 1. The van der Waals surface area contributed by atoms with Crippen LogP contribution in [-0.2, 0) is 11.3 Å². The average Bonchev–Trinajstić information content (AvgIpc) is 2.99. The summed E-state index contributed by atoms with van der Waals surface area (Å²) in [7, 11) is 0. The van der Waals surface area contributed by atoms with E-state index in [1.54, 1.807) is 6.07 Å². The highest BCUT2D eigenvalue weighted by Gasteiger charge is 2.18. The van der Waals surface area contributed by atoms with E-state index in [2.05, 4.69) is 0 Å². The lowest BCUT2D eigenvalue weighted by Crippen LogP contribution is -2.30. The Bertz CT molecular complexity index is 630. The van der Waals surface area contributed by atoms with Gasteiger partial charge >= 0.3 is 0 Å². The number of fused-ring (bicyclic) bond motifs is 1. The summed E-state index contributed by atoms with van der Waals surface area (Å²) >= 11 is 12.2. The molecule has 3 rings (SSSR count). The van der Waals surface area contributed by atoms with Crippen molar-refractivity contribution in [1.29, 1.82) is 0 Å². The lowest BCUT2D eigenvalue weighted by atomic mass is 10.2. The van der Waals surface area contributed by atoms with Crippen molar-refractivity contribution in [3.05, 3.63) is 34.4 Å². The van der Waals surface area contributed by atoms with Crippen LogP contribution in [0.25, 0.3) is 10.9 Å². The molecule has 1 amide bonds. The third-order valence-corrected chi connectivity index (χ3v) is 4.10. The molecular formula is C14H14Cl2N2O. The lowest BCUT2D eigenvalue weighted by molar-refractivity contribution is -0.130. The van der Waals surface area contributed by atoms with Gasteiger partial charge in [-0.25, -0.2) is 0 Å². The Morgan fingerprint density at radius 3 is 2.68 bits per heavy atom. The monoisotopic (exact) mass is 296 g/mol. The number of hydrogen-bond donors (Lipinski definition) is 0. The Hall–Kier alpha value is -1.19. The van der Waals surface area contributed by atoms with Crippen molar-refractivity contribution in [3.8, 4) is 0 Å². The van der Waals surface area contributed by atoms with Gasteiger partial charge in [-0.3, -0.25) is 4.79 Å². The molecule has 1 aromatic carbocycles. The first-order valence-electron chi connectivity index (χ1n) is 6.37. The van der Waals surface area contributed by atoms with Crippen molar-refractivity contribution in [2.75, 3.05) is 13.1 Å². The summed E-state index contributed by atoms with van der Waals surface area (Å²) in [5, 5.41) is 2.14. The number of benzene rings is 1. The van der Waals surface area contributed by atoms with Crippen LogP contribution in [0.2, 0.25) is 10.0 Å². The van der Waals surface area contributed by atoms with Crippen molar-refractivity contribution in [2.45, 2.75) is 19.4 Å². The quantitative estimate of drug-likeness (QED) is 0.832. The van der Waals surface area contributed by atoms with Crippen molar-refractivity contribution in [3.63, 3.8) is 0 Å². The summed E-state index contributed by atoms with van der Waals surface area (Å²) in [6, 6.07) is 5.49. The maximum absolute atomic E-state index is 12.2. The predicted molar refractivity (Wildman–Crippen MR) is 77.8 cm³/mol. The number of nitrogens with zero attached hydrogens (tertiary/aromatic N) is 2. The molecule has 1 saturated heterocycles. The van der Waals surface area contributed by atoms with Crippen LogP contribution in [0.15, 0.2) is 24.4 Å². The number of rotatable bonds is 2. The maximum Gasteiger partial charge on any atom is 0.242 e. The molecule has 2 heterocycles. The van der Waals surface area contributed by atoms with Gasteiger partial charge in [0.15, 0.2) is 0 Å². The summed E-state index contributed by atoms with van der Waals surface area (Å²) < 4.78 is 1.91. The number of aromatic nitrogens is 1. The standard InChI is InChI=1S/C14H14Cl2N2O/c15-10-7-12(16)11-3-6-18(13(11)8-10)9-14(19)17-4-1-2-5-17/h3,6-8H,1-2,4-5,9H2. The van der Waals surface area contributed by atoms with Crippen LogP contribution in [-0.4, -0.2) is 28.5 Å². The molecule has 0 radical (unpaired) electrons. The Balaban J connectivity index is 1.90. The largest absolute Gasteiger partial charge is 0.341 e. The second kappa shape index (κ2) is 5.06. The van der Waals surface area contributed by atoms with Gasteiger partial charge in [0.05, 0.1) is 10.5 Å². The minimum Gasteiger partial charge on any atom is -0.341 e. The minimum absolute atomic E-state index is 0.158. The number of halogens is 2. The summed E-state index contributed by atoms with van der Waals surface area (Å²) in [6.45, 7) is 2.10. The first-order valence-corrected chi connectivity index (χ1v) is 7.12. The smallest absolute Gasteiger partial charge is 0.242 e. The zero-order valence-corrected chi connectivity index (χ0v) is 11.9. The molecule has 0 spiro atoms. The Morgan fingerprint density at radius 1 is 1.21 bits per heavy atom. The molecule has 0 N–H and O–H groups in total. The predicted octanol–water partition coefficient (Wildman–Crippen LogP) is 3.57. The summed E-state index contributed by atoms with van der Waals surface area (Å²) in [6.07, 6.45) is 4.10. The fraction of sp³-hybridized carbons (Fsp3) is 0.357. The van der Waals surface area contributed by atoms with E-state index < -0.39 is 0 Å². The molecule has 1 aliphatic rings. The van der Waals surface area contributed by atoms with Gasteiger partial charge in [-0.2, -0.15) is 0 Å². The van der Waals surface area contributed by atoms with Gasteiger partial charge in [0.2, 0.25) is 5.91 Å². The first-order chi connectivity index (χ1) is 9.15. The van der Waals surface area contributed by atoms with Crippen LogP contribution in [0.4, 0.5) is 0 Å². The third kappa shape index (κ3) is 2.45. The van der Waals surface area contributed by atoms with Gasteiger partial charge in [0, 0.05) is 29.7 Å². The number of carbonyl (C=O) groups excluding carboxylic acids is 1. The van der Waals surface area contributed by atoms with Crippen molar-refractivity contribution in [1.82, 2.24) is 9.47 Å². The van der Waals surface area contributed by atoms with Crippen LogP contribution in [0, 0.1) is 0 Å². The molecule has 5 heteroatoms. The molecule has 0 aliphatic carbocycles. The fourth-order valence-corrected chi connectivity index (χ4v) is 3.11. The first kappa shape index (κ1) is 12.8. The molecule has 0 saturated carbocycles. The van der Waals surface area contributed by atoms with Crippen LogP contribution in [0.1, 0.15) is 12.8 Å². The van der Waals surface area contributed by atoms with Crippen molar-refractivity contribution >= 4 is 40.0 Å². The van der Waals surface area contributed by atoms with E-state index >= 15 is 0 Å². The highest BCUT2D eigenvalue weighted by molar-refractivity contribution is 6.38. The highest BCUT2D eigenvalue weighted by atomic mass is 35.5. The van der Waals surface area contributed by atoms with Gasteiger partial charge in [-0.1, -0.05) is 23.2 Å². The van der Waals surface area contributed by atoms with Gasteiger partial charge in [0.25, 0.3) is 0 Å². The van der Waals surface area contributed by atoms with E-state index in [1.165, 1.54) is 0 Å². The molecule has 1 fully saturated rings. The van der Waals surface area contributed by atoms with E-state index in [1.807, 2.05) is 27.8 Å². The molecule has 0 bridgehead atoms. The topological polar surface area (TPSA) is 25.2 Å². The zero-order valence-electron chi connectivity index (χ0n) is 10.4. The number of carbonyl (C=O) groups is 1. The Labute approximate surface area is 121 Å². The molecule has 100 valence electrons. The number of hydrogen-bond acceptors (Lipinski definition) is 1. The summed E-state index contributed by atoms with van der Waals surface area (Å²) in [5.41, 5.74) is 0.907. The second-order valence-corrected chi connectivity index (χ2v) is 5.70. The molecule has 1 aromatic heterocycles. The van der Waals surface area contributed by atoms with Crippen molar-refractivity contribution < 1.29 is 4.79 Å².